The van der Waals surface area contributed by atoms with Crippen molar-refractivity contribution in [2.45, 2.75) is 64.5 Å². The molecule has 1 heterocycles. The van der Waals surface area contributed by atoms with Crippen molar-refractivity contribution in [3.8, 4) is 0 Å². The first-order chi connectivity index (χ1) is 10.7. The summed E-state index contributed by atoms with van der Waals surface area (Å²) in [7, 11) is 0. The Labute approximate surface area is 150 Å². The van der Waals surface area contributed by atoms with Gasteiger partial charge in [0.15, 0.2) is 12.4 Å². The van der Waals surface area contributed by atoms with Crippen LogP contribution in [0.25, 0.3) is 0 Å². The molecule has 2 bridgehead atoms. The second-order valence-electron chi connectivity index (χ2n) is 7.27. The Morgan fingerprint density at radius 1 is 1.17 bits per heavy atom. The molecule has 128 valence electrons. The fourth-order valence-electron chi connectivity index (χ4n) is 4.50. The van der Waals surface area contributed by atoms with E-state index >= 15 is 0 Å². The van der Waals surface area contributed by atoms with Crippen LogP contribution in [0.4, 0.5) is 0 Å². The molecule has 3 nitrogen and oxygen atoms in total. The molecule has 2 fully saturated rings. The Kier molecular flexibility index (Phi) is 7.07. The monoisotopic (exact) mass is 380 g/mol. The number of rotatable bonds is 7. The third-order valence-electron chi connectivity index (χ3n) is 5.67. The van der Waals surface area contributed by atoms with Gasteiger partial charge in [0.25, 0.3) is 0 Å². The molecule has 4 heteroatoms. The molecular weight excluding hydrogens is 352 g/mol. The second-order valence-corrected chi connectivity index (χ2v) is 7.27. The van der Waals surface area contributed by atoms with E-state index in [1.807, 2.05) is 18.2 Å². The number of carbonyl (C=O) groups excluding carboxylic acids is 1. The van der Waals surface area contributed by atoms with E-state index < -0.39 is 0 Å². The van der Waals surface area contributed by atoms with Gasteiger partial charge in [-0.2, -0.15) is 0 Å². The van der Waals surface area contributed by atoms with Gasteiger partial charge in [0.2, 0.25) is 5.91 Å². The van der Waals surface area contributed by atoms with Crippen LogP contribution in [-0.4, -0.2) is 11.9 Å². The molecule has 3 rings (SSSR count). The summed E-state index contributed by atoms with van der Waals surface area (Å²) in [6, 6.07) is 6.49. The van der Waals surface area contributed by atoms with Gasteiger partial charge in [-0.3, -0.25) is 4.79 Å². The summed E-state index contributed by atoms with van der Waals surface area (Å²) in [6.07, 6.45) is 12.4. The number of aryl methyl sites for hydroxylation is 1. The number of hydrogen-bond acceptors (Lipinski definition) is 1. The summed E-state index contributed by atoms with van der Waals surface area (Å²) in [4.78, 5) is 12.1. The molecule has 1 amide bonds. The zero-order chi connectivity index (χ0) is 15.4. The minimum absolute atomic E-state index is 0. The highest BCUT2D eigenvalue weighted by molar-refractivity contribution is 5.76. The fourth-order valence-corrected chi connectivity index (χ4v) is 4.50. The van der Waals surface area contributed by atoms with E-state index in [9.17, 15) is 4.79 Å². The van der Waals surface area contributed by atoms with Crippen LogP contribution < -0.4 is 26.9 Å². The molecule has 1 aromatic rings. The van der Waals surface area contributed by atoms with E-state index in [1.165, 1.54) is 25.7 Å². The fraction of sp³-hybridized carbons (Fsp3) is 0.684. The van der Waals surface area contributed by atoms with Gasteiger partial charge in [0.05, 0.1) is 0 Å². The van der Waals surface area contributed by atoms with Gasteiger partial charge in [-0.05, 0) is 50.4 Å². The van der Waals surface area contributed by atoms with Gasteiger partial charge >= 0.3 is 0 Å². The minimum atomic E-state index is 0. The highest BCUT2D eigenvalue weighted by atomic mass is 79.9. The van der Waals surface area contributed by atoms with Gasteiger partial charge in [0, 0.05) is 31.0 Å². The molecule has 4 unspecified atom stereocenters. The van der Waals surface area contributed by atoms with Crippen molar-refractivity contribution >= 4 is 5.91 Å². The van der Waals surface area contributed by atoms with E-state index in [0.717, 1.165) is 37.1 Å². The molecular formula is C19H29BrN2O. The van der Waals surface area contributed by atoms with Crippen LogP contribution in [0.5, 0.6) is 0 Å². The van der Waals surface area contributed by atoms with Crippen molar-refractivity contribution in [3.05, 3.63) is 30.6 Å². The minimum Gasteiger partial charge on any atom is -1.00 e. The highest BCUT2D eigenvalue weighted by Gasteiger charge is 2.41. The lowest BCUT2D eigenvalue weighted by Crippen LogP contribution is -3.00. The molecule has 0 saturated heterocycles. The number of amides is 1. The van der Waals surface area contributed by atoms with Crippen molar-refractivity contribution in [2.75, 3.05) is 0 Å². The van der Waals surface area contributed by atoms with Crippen LogP contribution in [0.2, 0.25) is 0 Å². The number of nitrogens with zero attached hydrogens (tertiary/aromatic N) is 1. The Balaban J connectivity index is 0.00000192. The summed E-state index contributed by atoms with van der Waals surface area (Å²) in [5, 5.41) is 3.26. The highest BCUT2D eigenvalue weighted by Crippen LogP contribution is 2.49. The van der Waals surface area contributed by atoms with Gasteiger partial charge in [-0.25, -0.2) is 4.57 Å². The Morgan fingerprint density at radius 3 is 2.61 bits per heavy atom. The molecule has 2 saturated carbocycles. The van der Waals surface area contributed by atoms with Gasteiger partial charge in [0.1, 0.15) is 6.54 Å². The third-order valence-corrected chi connectivity index (χ3v) is 5.67. The third kappa shape index (κ3) is 5.03. The first-order valence-corrected chi connectivity index (χ1v) is 8.96. The number of hydrogen-bond donors (Lipinski definition) is 1. The molecule has 0 aromatic carbocycles. The smallest absolute Gasteiger partial charge is 0.220 e. The maximum absolute atomic E-state index is 12.1. The number of pyridine rings is 1. The van der Waals surface area contributed by atoms with Crippen molar-refractivity contribution in [3.63, 3.8) is 0 Å². The van der Waals surface area contributed by atoms with Crippen LogP contribution in [0, 0.1) is 17.8 Å². The largest absolute Gasteiger partial charge is 1.00 e. The molecule has 4 atom stereocenters. The molecule has 0 spiro atoms. The van der Waals surface area contributed by atoms with Gasteiger partial charge in [-0.1, -0.05) is 12.5 Å². The van der Waals surface area contributed by atoms with Crippen LogP contribution in [-0.2, 0) is 11.3 Å². The van der Waals surface area contributed by atoms with Crippen molar-refractivity contribution in [1.29, 1.82) is 0 Å². The average Bonchev–Trinajstić information content (AvgIpc) is 3.15. The van der Waals surface area contributed by atoms with E-state index in [1.54, 1.807) is 0 Å². The number of fused-ring (bicyclic) bond motifs is 2. The topological polar surface area (TPSA) is 33.0 Å². The predicted molar refractivity (Wildman–Crippen MR) is 87.0 cm³/mol. The normalized spacial score (nSPS) is 26.6. The number of halogens is 1. The first kappa shape index (κ1) is 18.4. The zero-order valence-corrected chi connectivity index (χ0v) is 15.7. The zero-order valence-electron chi connectivity index (χ0n) is 14.1. The van der Waals surface area contributed by atoms with Crippen LogP contribution in [0.15, 0.2) is 30.6 Å². The SMILES string of the molecule is CC(NC(=O)CCCC[n+]1ccccc1)C1CC2CCC1C2.[Br-]. The van der Waals surface area contributed by atoms with E-state index in [2.05, 4.69) is 29.2 Å². The predicted octanol–water partition coefficient (Wildman–Crippen LogP) is 0.0893. The maximum atomic E-state index is 12.1. The van der Waals surface area contributed by atoms with Crippen molar-refractivity contribution in [1.82, 2.24) is 5.32 Å². The van der Waals surface area contributed by atoms with Crippen LogP contribution >= 0.6 is 0 Å². The van der Waals surface area contributed by atoms with Gasteiger partial charge < -0.3 is 22.3 Å². The summed E-state index contributed by atoms with van der Waals surface area (Å²) >= 11 is 0. The summed E-state index contributed by atoms with van der Waals surface area (Å²) in [6.45, 7) is 3.21. The van der Waals surface area contributed by atoms with Crippen LogP contribution in [0.3, 0.4) is 0 Å². The lowest BCUT2D eigenvalue weighted by Gasteiger charge is -2.28. The van der Waals surface area contributed by atoms with E-state index in [4.69, 9.17) is 0 Å². The molecule has 23 heavy (non-hydrogen) atoms. The van der Waals surface area contributed by atoms with Gasteiger partial charge in [-0.15, -0.1) is 0 Å². The second kappa shape index (κ2) is 8.81. The van der Waals surface area contributed by atoms with Crippen molar-refractivity contribution in [2.24, 2.45) is 17.8 Å². The first-order valence-electron chi connectivity index (χ1n) is 8.96. The van der Waals surface area contributed by atoms with E-state index in [-0.39, 0.29) is 22.9 Å². The Bertz CT molecular complexity index is 493. The number of carbonyl (C=O) groups is 1. The lowest BCUT2D eigenvalue weighted by molar-refractivity contribution is -0.697. The van der Waals surface area contributed by atoms with E-state index in [0.29, 0.717) is 12.5 Å². The molecule has 2 aliphatic rings. The summed E-state index contributed by atoms with van der Waals surface area (Å²) < 4.78 is 2.18. The molecule has 0 aliphatic heterocycles. The summed E-state index contributed by atoms with van der Waals surface area (Å²) in [5.41, 5.74) is 0. The number of nitrogens with one attached hydrogen (secondary N) is 1. The standard InChI is InChI=1S/C19H28N2O.BrH/c1-15(18-14-16-8-9-17(18)13-16)20-19(22)7-3-6-12-21-10-4-2-5-11-21;/h2,4-5,10-11,15-18H,3,6-9,12-14H2,1H3;1H. The number of aromatic nitrogens is 1. The molecule has 0 radical (unpaired) electrons. The average molecular weight is 381 g/mol. The van der Waals surface area contributed by atoms with Crippen LogP contribution in [0.1, 0.15) is 51.9 Å². The maximum Gasteiger partial charge on any atom is 0.220 e. The molecule has 2 aliphatic carbocycles. The van der Waals surface area contributed by atoms with Crippen molar-refractivity contribution < 1.29 is 26.3 Å². The molecule has 1 N–H and O–H groups in total. The summed E-state index contributed by atoms with van der Waals surface area (Å²) in [5.74, 6) is 2.82. The quantitative estimate of drug-likeness (QED) is 0.527. The number of unbranched alkanes of at least 4 members (excludes halogenated alkanes) is 1. The molecule has 1 aromatic heterocycles. The Hall–Kier alpha value is -0.900. The Morgan fingerprint density at radius 2 is 1.96 bits per heavy atom. The lowest BCUT2D eigenvalue weighted by atomic mass is 9.84.